The Hall–Kier alpha value is -6.91. The van der Waals surface area contributed by atoms with E-state index in [9.17, 15) is 0 Å². The van der Waals surface area contributed by atoms with Gasteiger partial charge in [-0.15, -0.1) is 0 Å². The van der Waals surface area contributed by atoms with Crippen molar-refractivity contribution >= 4 is 71.3 Å². The molecule has 0 fully saturated rings. The third-order valence-electron chi connectivity index (χ3n) is 9.82. The lowest BCUT2D eigenvalue weighted by Crippen LogP contribution is -2.10. The molecule has 0 unspecified atom stereocenters. The van der Waals surface area contributed by atoms with Crippen molar-refractivity contribution in [2.24, 2.45) is 0 Å². The maximum Gasteiger partial charge on any atom is 0.0972 e. The summed E-state index contributed by atoms with van der Waals surface area (Å²) < 4.78 is 0. The first-order valence-electron chi connectivity index (χ1n) is 17.2. The van der Waals surface area contributed by atoms with Gasteiger partial charge in [0.1, 0.15) is 0 Å². The summed E-state index contributed by atoms with van der Waals surface area (Å²) in [6.07, 6.45) is 1.83. The molecule has 0 aliphatic heterocycles. The molecule has 7 aromatic carbocycles. The zero-order valence-corrected chi connectivity index (χ0v) is 27.6. The van der Waals surface area contributed by atoms with E-state index in [1.807, 2.05) is 12.3 Å². The van der Waals surface area contributed by atoms with E-state index in [2.05, 4.69) is 180 Å². The third-order valence-corrected chi connectivity index (χ3v) is 9.82. The van der Waals surface area contributed by atoms with Crippen molar-refractivity contribution in [2.45, 2.75) is 0 Å². The van der Waals surface area contributed by atoms with Crippen molar-refractivity contribution < 1.29 is 0 Å². The highest BCUT2D eigenvalue weighted by atomic mass is 15.1. The first-order valence-corrected chi connectivity index (χ1v) is 17.2. The number of rotatable bonds is 5. The number of fused-ring (bicyclic) bond motifs is 8. The number of hydrogen-bond donors (Lipinski definition) is 0. The van der Waals surface area contributed by atoms with Gasteiger partial charge in [0.2, 0.25) is 0 Å². The number of nitrogens with zero attached hydrogens (tertiary/aromatic N) is 4. The van der Waals surface area contributed by atoms with Gasteiger partial charge in [-0.2, -0.15) is 0 Å². The Morgan fingerprint density at radius 1 is 0.412 bits per heavy atom. The zero-order chi connectivity index (χ0) is 33.7. The van der Waals surface area contributed by atoms with E-state index in [1.54, 1.807) is 0 Å². The predicted molar refractivity (Wildman–Crippen MR) is 213 cm³/mol. The van der Waals surface area contributed by atoms with Gasteiger partial charge in [0, 0.05) is 61.0 Å². The molecular weight excluding hydrogens is 621 g/mol. The van der Waals surface area contributed by atoms with E-state index < -0.39 is 0 Å². The van der Waals surface area contributed by atoms with Crippen molar-refractivity contribution in [2.75, 3.05) is 4.90 Å². The Labute approximate surface area is 294 Å². The van der Waals surface area contributed by atoms with Crippen molar-refractivity contribution in [1.82, 2.24) is 15.0 Å². The average Bonchev–Trinajstić information content (AvgIpc) is 3.21. The van der Waals surface area contributed by atoms with Gasteiger partial charge in [0.15, 0.2) is 0 Å². The molecule has 0 bridgehead atoms. The number of para-hydroxylation sites is 2. The highest BCUT2D eigenvalue weighted by Crippen LogP contribution is 2.45. The van der Waals surface area contributed by atoms with Gasteiger partial charge in [-0.05, 0) is 53.9 Å². The minimum absolute atomic E-state index is 0.896. The van der Waals surface area contributed by atoms with Crippen LogP contribution in [0.3, 0.4) is 0 Å². The molecule has 4 heteroatoms. The van der Waals surface area contributed by atoms with Crippen molar-refractivity contribution in [3.63, 3.8) is 0 Å². The fraction of sp³-hybridized carbons (Fsp3) is 0. The minimum Gasteiger partial charge on any atom is -0.310 e. The van der Waals surface area contributed by atoms with E-state index in [-0.39, 0.29) is 0 Å². The predicted octanol–water partition coefficient (Wildman–Crippen LogP) is 12.4. The maximum absolute atomic E-state index is 5.47. The summed E-state index contributed by atoms with van der Waals surface area (Å²) in [6, 6.07) is 61.9. The van der Waals surface area contributed by atoms with Crippen LogP contribution in [0.15, 0.2) is 182 Å². The summed E-state index contributed by atoms with van der Waals surface area (Å²) in [6.45, 7) is 0. The zero-order valence-electron chi connectivity index (χ0n) is 27.6. The largest absolute Gasteiger partial charge is 0.310 e. The monoisotopic (exact) mass is 650 g/mol. The topological polar surface area (TPSA) is 41.9 Å². The SMILES string of the molecule is c1ccc(-c2nc3cc(-c4ccc5ccc6cccnc6c5n4)ccc3c3c2cc(N(c2ccccc2)c2ccccc2)c2ccccc23)cc1. The molecule has 4 nitrogen and oxygen atoms in total. The summed E-state index contributed by atoms with van der Waals surface area (Å²) >= 11 is 0. The molecule has 0 saturated carbocycles. The smallest absolute Gasteiger partial charge is 0.0972 e. The first-order chi connectivity index (χ1) is 25.3. The molecule has 3 heterocycles. The number of hydrogen-bond acceptors (Lipinski definition) is 4. The second-order valence-corrected chi connectivity index (χ2v) is 12.8. The number of anilines is 3. The van der Waals surface area contributed by atoms with Crippen LogP contribution in [0.5, 0.6) is 0 Å². The molecule has 0 aliphatic rings. The molecule has 51 heavy (non-hydrogen) atoms. The Morgan fingerprint density at radius 3 is 1.80 bits per heavy atom. The fourth-order valence-corrected chi connectivity index (χ4v) is 7.48. The van der Waals surface area contributed by atoms with Crippen molar-refractivity contribution in [1.29, 1.82) is 0 Å². The van der Waals surface area contributed by atoms with Gasteiger partial charge in [0.05, 0.1) is 33.6 Å². The molecule has 0 N–H and O–H groups in total. The van der Waals surface area contributed by atoms with Gasteiger partial charge in [-0.3, -0.25) is 4.98 Å². The van der Waals surface area contributed by atoms with Gasteiger partial charge < -0.3 is 4.90 Å². The second kappa shape index (κ2) is 11.9. The Bertz CT molecular complexity index is 2870. The molecular formula is C47H30N4. The minimum atomic E-state index is 0.896. The van der Waals surface area contributed by atoms with Gasteiger partial charge in [-0.25, -0.2) is 9.97 Å². The summed E-state index contributed by atoms with van der Waals surface area (Å²) in [5, 5.41) is 7.90. The Balaban J connectivity index is 1.27. The number of pyridine rings is 3. The highest BCUT2D eigenvalue weighted by Gasteiger charge is 2.21. The molecule has 0 saturated heterocycles. The van der Waals surface area contributed by atoms with Gasteiger partial charge in [0.25, 0.3) is 0 Å². The summed E-state index contributed by atoms with van der Waals surface area (Å²) in [7, 11) is 0. The van der Waals surface area contributed by atoms with Crippen LogP contribution in [0.1, 0.15) is 0 Å². The van der Waals surface area contributed by atoms with E-state index in [0.29, 0.717) is 0 Å². The normalized spacial score (nSPS) is 11.5. The number of aromatic nitrogens is 3. The molecule has 238 valence electrons. The van der Waals surface area contributed by atoms with E-state index in [1.165, 1.54) is 16.2 Å². The molecule has 0 radical (unpaired) electrons. The molecule has 10 rings (SSSR count). The Kier molecular flexibility index (Phi) is 6.78. The summed E-state index contributed by atoms with van der Waals surface area (Å²) in [5.74, 6) is 0. The lowest BCUT2D eigenvalue weighted by molar-refractivity contribution is 1.30. The fourth-order valence-electron chi connectivity index (χ4n) is 7.48. The third kappa shape index (κ3) is 4.88. The highest BCUT2D eigenvalue weighted by molar-refractivity contribution is 6.26. The van der Waals surface area contributed by atoms with E-state index in [0.717, 1.165) is 77.7 Å². The van der Waals surface area contributed by atoms with Crippen LogP contribution in [0.25, 0.3) is 76.8 Å². The van der Waals surface area contributed by atoms with Crippen LogP contribution in [0.2, 0.25) is 0 Å². The average molecular weight is 651 g/mol. The lowest BCUT2D eigenvalue weighted by Gasteiger charge is -2.28. The standard InChI is InChI=1S/C47H30N4/c1-4-13-31(14-5-1)45-40-30-43(51(35-16-6-2-7-17-35)36-18-8-3-9-19-36)37-20-10-11-21-38(37)44(40)39-26-24-34(29-42(39)50-45)41-27-25-33-23-22-32-15-12-28-48-46(32)47(33)49-41/h1-30H. The number of benzene rings is 7. The molecule has 0 spiro atoms. The molecule has 0 amide bonds. The summed E-state index contributed by atoms with van der Waals surface area (Å²) in [5.41, 5.74) is 9.98. The quantitative estimate of drug-likeness (QED) is 0.174. The molecule has 3 aromatic heterocycles. The van der Waals surface area contributed by atoms with Crippen LogP contribution >= 0.6 is 0 Å². The molecule has 10 aromatic rings. The molecule has 0 atom stereocenters. The van der Waals surface area contributed by atoms with Crippen LogP contribution in [0.4, 0.5) is 17.1 Å². The van der Waals surface area contributed by atoms with Crippen LogP contribution in [-0.2, 0) is 0 Å². The first kappa shape index (κ1) is 29.0. The maximum atomic E-state index is 5.47. The van der Waals surface area contributed by atoms with Crippen molar-refractivity contribution in [3.8, 4) is 22.5 Å². The van der Waals surface area contributed by atoms with Crippen LogP contribution in [-0.4, -0.2) is 15.0 Å². The van der Waals surface area contributed by atoms with Gasteiger partial charge >= 0.3 is 0 Å². The molecule has 0 aliphatic carbocycles. The van der Waals surface area contributed by atoms with E-state index >= 15 is 0 Å². The lowest BCUT2D eigenvalue weighted by atomic mass is 9.92. The van der Waals surface area contributed by atoms with Crippen LogP contribution in [0, 0.1) is 0 Å². The summed E-state index contributed by atoms with van der Waals surface area (Å²) in [4.78, 5) is 17.7. The van der Waals surface area contributed by atoms with Gasteiger partial charge in [-0.1, -0.05) is 127 Å². The Morgan fingerprint density at radius 2 is 1.06 bits per heavy atom. The van der Waals surface area contributed by atoms with E-state index in [4.69, 9.17) is 9.97 Å². The van der Waals surface area contributed by atoms with Crippen LogP contribution < -0.4 is 4.90 Å². The second-order valence-electron chi connectivity index (χ2n) is 12.8. The van der Waals surface area contributed by atoms with Crippen molar-refractivity contribution in [3.05, 3.63) is 182 Å².